The molecule has 1 aromatic carbocycles. The fourth-order valence-corrected chi connectivity index (χ4v) is 2.56. The molecule has 10 heteroatoms. The lowest BCUT2D eigenvalue weighted by molar-refractivity contribution is -0.118. The van der Waals surface area contributed by atoms with E-state index in [1.54, 1.807) is 34.1 Å². The topological polar surface area (TPSA) is 157 Å². The second-order valence-electron chi connectivity index (χ2n) is 5.57. The number of benzene rings is 1. The van der Waals surface area contributed by atoms with Gasteiger partial charge in [0.15, 0.2) is 11.7 Å². The maximum absolute atomic E-state index is 11.1. The fraction of sp³-hybridized carbons (Fsp3) is 0.286. The highest BCUT2D eigenvalue weighted by molar-refractivity contribution is 6.06. The van der Waals surface area contributed by atoms with Crippen LogP contribution in [0.25, 0.3) is 0 Å². The number of oxime groups is 2. The van der Waals surface area contributed by atoms with Crippen molar-refractivity contribution in [1.82, 2.24) is 9.80 Å². The van der Waals surface area contributed by atoms with Crippen LogP contribution in [-0.4, -0.2) is 68.9 Å². The van der Waals surface area contributed by atoms with Gasteiger partial charge in [0.2, 0.25) is 11.8 Å². The largest absolute Gasteiger partial charge is 0.409 e. The highest BCUT2D eigenvalue weighted by Gasteiger charge is 2.43. The van der Waals surface area contributed by atoms with Crippen molar-refractivity contribution in [1.29, 1.82) is 0 Å². The van der Waals surface area contributed by atoms with Crippen LogP contribution < -0.4 is 11.5 Å². The first-order valence-corrected chi connectivity index (χ1v) is 7.14. The molecule has 0 aromatic heterocycles. The van der Waals surface area contributed by atoms with E-state index >= 15 is 0 Å². The number of nitrogens with zero attached hydrogens (tertiary/aromatic N) is 4. The summed E-state index contributed by atoms with van der Waals surface area (Å²) < 4.78 is 0. The summed E-state index contributed by atoms with van der Waals surface area (Å²) in [6.45, 7) is 0.793. The molecule has 0 bridgehead atoms. The van der Waals surface area contributed by atoms with E-state index in [9.17, 15) is 20.0 Å². The summed E-state index contributed by atoms with van der Waals surface area (Å²) in [6, 6.07) is 5.64. The van der Waals surface area contributed by atoms with Crippen LogP contribution in [0.1, 0.15) is 11.1 Å². The standard InChI is InChI=1S/C14H16N6O4/c15-11(21)9-5-19(9)13(17-23)7-1-2-8(4-3-7)14(18-24)20-6-10(20)12(16)22/h1-4,9-10,23-24H,5-6H2,(H2,15,21)(H2,16,22)/b17-13-,18-14-. The van der Waals surface area contributed by atoms with E-state index in [-0.39, 0.29) is 11.7 Å². The van der Waals surface area contributed by atoms with E-state index in [1.807, 2.05) is 0 Å². The van der Waals surface area contributed by atoms with Gasteiger partial charge in [0.25, 0.3) is 0 Å². The zero-order valence-electron chi connectivity index (χ0n) is 12.5. The second kappa shape index (κ2) is 5.72. The molecule has 0 aliphatic carbocycles. The summed E-state index contributed by atoms with van der Waals surface area (Å²) in [4.78, 5) is 25.4. The summed E-state index contributed by atoms with van der Waals surface area (Å²) in [6.07, 6.45) is 0. The number of hydrogen-bond donors (Lipinski definition) is 4. The third-order valence-corrected chi connectivity index (χ3v) is 4.02. The van der Waals surface area contributed by atoms with Crippen LogP contribution in [0.15, 0.2) is 34.6 Å². The SMILES string of the molecule is NC(=O)C1CN1/C(=N\O)c1ccc(/C(=N/O)N2CC2C(N)=O)cc1. The van der Waals surface area contributed by atoms with E-state index in [0.29, 0.717) is 24.2 Å². The third kappa shape index (κ3) is 2.69. The molecule has 0 spiro atoms. The van der Waals surface area contributed by atoms with Crippen LogP contribution in [0.2, 0.25) is 0 Å². The van der Waals surface area contributed by atoms with Gasteiger partial charge in [-0.05, 0) is 0 Å². The third-order valence-electron chi connectivity index (χ3n) is 4.02. The average Bonchev–Trinajstić information content (AvgIpc) is 3.43. The number of nitrogens with two attached hydrogens (primary N) is 2. The Labute approximate surface area is 136 Å². The number of carbonyl (C=O) groups is 2. The maximum Gasteiger partial charge on any atom is 0.242 e. The highest BCUT2D eigenvalue weighted by atomic mass is 16.4. The number of carbonyl (C=O) groups excluding carboxylic acids is 2. The van der Waals surface area contributed by atoms with Crippen molar-refractivity contribution in [3.05, 3.63) is 35.4 Å². The molecule has 3 rings (SSSR count). The van der Waals surface area contributed by atoms with E-state index < -0.39 is 23.9 Å². The van der Waals surface area contributed by atoms with Crippen molar-refractivity contribution in [3.8, 4) is 0 Å². The fourth-order valence-electron chi connectivity index (χ4n) is 2.56. The number of rotatable bonds is 4. The van der Waals surface area contributed by atoms with E-state index in [1.165, 1.54) is 0 Å². The van der Waals surface area contributed by atoms with Gasteiger partial charge in [-0.1, -0.05) is 34.6 Å². The Hall–Kier alpha value is -3.30. The van der Waals surface area contributed by atoms with Crippen molar-refractivity contribution in [2.45, 2.75) is 12.1 Å². The average molecular weight is 332 g/mol. The molecule has 2 aliphatic rings. The summed E-state index contributed by atoms with van der Waals surface area (Å²) >= 11 is 0. The minimum Gasteiger partial charge on any atom is -0.409 e. The van der Waals surface area contributed by atoms with Crippen LogP contribution in [0.5, 0.6) is 0 Å². The van der Waals surface area contributed by atoms with Crippen molar-refractivity contribution in [2.75, 3.05) is 13.1 Å². The predicted octanol–water partition coefficient (Wildman–Crippen LogP) is -1.70. The molecule has 2 atom stereocenters. The van der Waals surface area contributed by atoms with E-state index in [2.05, 4.69) is 10.3 Å². The Balaban J connectivity index is 1.76. The predicted molar refractivity (Wildman–Crippen MR) is 82.5 cm³/mol. The molecule has 2 amide bonds. The Morgan fingerprint density at radius 1 is 0.875 bits per heavy atom. The van der Waals surface area contributed by atoms with Gasteiger partial charge in [0.05, 0.1) is 0 Å². The number of hydrogen-bond acceptors (Lipinski definition) is 6. The molecule has 2 fully saturated rings. The van der Waals surface area contributed by atoms with Gasteiger partial charge in [-0.25, -0.2) is 0 Å². The van der Waals surface area contributed by atoms with E-state index in [4.69, 9.17) is 11.5 Å². The lowest BCUT2D eigenvalue weighted by atomic mass is 10.1. The Morgan fingerprint density at radius 2 is 1.21 bits per heavy atom. The maximum atomic E-state index is 11.1. The molecule has 2 heterocycles. The van der Waals surface area contributed by atoms with Crippen LogP contribution >= 0.6 is 0 Å². The minimum absolute atomic E-state index is 0.231. The monoisotopic (exact) mass is 332 g/mol. The van der Waals surface area contributed by atoms with Crippen molar-refractivity contribution in [2.24, 2.45) is 21.8 Å². The van der Waals surface area contributed by atoms with Gasteiger partial charge in [-0.2, -0.15) is 0 Å². The molecule has 0 radical (unpaired) electrons. The number of primary amides is 2. The van der Waals surface area contributed by atoms with Crippen molar-refractivity contribution < 1.29 is 20.0 Å². The van der Waals surface area contributed by atoms with E-state index in [0.717, 1.165) is 0 Å². The molecule has 2 saturated heterocycles. The van der Waals surface area contributed by atoms with Crippen LogP contribution in [0, 0.1) is 0 Å². The van der Waals surface area contributed by atoms with Gasteiger partial charge in [-0.15, -0.1) is 0 Å². The second-order valence-corrected chi connectivity index (χ2v) is 5.57. The molecule has 10 nitrogen and oxygen atoms in total. The number of amides is 2. The summed E-state index contributed by atoms with van der Waals surface area (Å²) in [5, 5.41) is 24.8. The van der Waals surface area contributed by atoms with Gasteiger partial charge >= 0.3 is 0 Å². The molecule has 2 unspecified atom stereocenters. The Kier molecular flexibility index (Phi) is 3.72. The first-order valence-electron chi connectivity index (χ1n) is 7.14. The molecule has 6 N–H and O–H groups in total. The highest BCUT2D eigenvalue weighted by Crippen LogP contribution is 2.24. The van der Waals surface area contributed by atoms with Crippen LogP contribution in [0.4, 0.5) is 0 Å². The molecule has 2 aliphatic heterocycles. The minimum atomic E-state index is -0.485. The molecular weight excluding hydrogens is 316 g/mol. The van der Waals surface area contributed by atoms with Gasteiger partial charge in [0, 0.05) is 24.2 Å². The Bertz CT molecular complexity index is 681. The quantitative estimate of drug-likeness (QED) is 0.169. The summed E-state index contributed by atoms with van der Waals surface area (Å²) in [5.41, 5.74) is 11.6. The normalized spacial score (nSPS) is 23.2. The lowest BCUT2D eigenvalue weighted by Crippen LogP contribution is -2.26. The molecule has 0 saturated carbocycles. The lowest BCUT2D eigenvalue weighted by Gasteiger charge is -2.10. The molecule has 126 valence electrons. The molecule has 24 heavy (non-hydrogen) atoms. The molecule has 1 aromatic rings. The number of amidine groups is 2. The smallest absolute Gasteiger partial charge is 0.242 e. The van der Waals surface area contributed by atoms with Crippen LogP contribution in [-0.2, 0) is 9.59 Å². The first kappa shape index (κ1) is 15.6. The first-order chi connectivity index (χ1) is 11.5. The zero-order chi connectivity index (χ0) is 17.4. The zero-order valence-corrected chi connectivity index (χ0v) is 12.5. The van der Waals surface area contributed by atoms with Crippen LogP contribution in [0.3, 0.4) is 0 Å². The molecular formula is C14H16N6O4. The summed E-state index contributed by atoms with van der Waals surface area (Å²) in [5.74, 6) is -0.507. The van der Waals surface area contributed by atoms with Crippen molar-refractivity contribution >= 4 is 23.5 Å². The van der Waals surface area contributed by atoms with Crippen molar-refractivity contribution in [3.63, 3.8) is 0 Å². The summed E-state index contributed by atoms with van der Waals surface area (Å²) in [7, 11) is 0. The van der Waals surface area contributed by atoms with Gasteiger partial charge < -0.3 is 31.7 Å². The van der Waals surface area contributed by atoms with Gasteiger partial charge in [0.1, 0.15) is 12.1 Å². The Morgan fingerprint density at radius 3 is 1.42 bits per heavy atom. The van der Waals surface area contributed by atoms with Gasteiger partial charge in [-0.3, -0.25) is 9.59 Å².